The van der Waals surface area contributed by atoms with Gasteiger partial charge in [-0.25, -0.2) is 4.79 Å². The monoisotopic (exact) mass is 215 g/mol. The fourth-order valence-corrected chi connectivity index (χ4v) is 0.781. The van der Waals surface area contributed by atoms with Crippen molar-refractivity contribution >= 4 is 11.9 Å². The summed E-state index contributed by atoms with van der Waals surface area (Å²) in [5.74, 6) is -1.04. The van der Waals surface area contributed by atoms with Gasteiger partial charge in [0, 0.05) is 6.54 Å². The van der Waals surface area contributed by atoms with Crippen molar-refractivity contribution in [3.05, 3.63) is 0 Å². The van der Waals surface area contributed by atoms with E-state index in [-0.39, 0.29) is 12.0 Å². The van der Waals surface area contributed by atoms with Crippen LogP contribution in [0.2, 0.25) is 0 Å². The molecule has 15 heavy (non-hydrogen) atoms. The van der Waals surface area contributed by atoms with Crippen LogP contribution in [-0.2, 0) is 14.3 Å². The van der Waals surface area contributed by atoms with Crippen LogP contribution in [0.4, 0.5) is 0 Å². The summed E-state index contributed by atoms with van der Waals surface area (Å²) in [4.78, 5) is 22.2. The molecule has 0 rings (SSSR count). The number of esters is 1. The summed E-state index contributed by atoms with van der Waals surface area (Å²) in [6.45, 7) is 10.6. The fourth-order valence-electron chi connectivity index (χ4n) is 0.781. The van der Waals surface area contributed by atoms with Crippen LogP contribution in [0, 0.1) is 11.3 Å². The summed E-state index contributed by atoms with van der Waals surface area (Å²) >= 11 is 0. The Hall–Kier alpha value is -1.06. The Morgan fingerprint density at radius 3 is 2.27 bits per heavy atom. The van der Waals surface area contributed by atoms with Gasteiger partial charge in [-0.2, -0.15) is 0 Å². The molecule has 0 unspecified atom stereocenters. The number of ether oxygens (including phenoxy) is 1. The van der Waals surface area contributed by atoms with Gasteiger partial charge in [0.05, 0.1) is 6.61 Å². The molecule has 0 aromatic rings. The molecule has 0 bridgehead atoms. The topological polar surface area (TPSA) is 55.4 Å². The van der Waals surface area contributed by atoms with Crippen molar-refractivity contribution in [3.8, 4) is 0 Å². The second-order valence-corrected chi connectivity index (χ2v) is 4.55. The van der Waals surface area contributed by atoms with E-state index in [1.54, 1.807) is 6.92 Å². The van der Waals surface area contributed by atoms with E-state index < -0.39 is 11.9 Å². The Morgan fingerprint density at radius 2 is 1.87 bits per heavy atom. The van der Waals surface area contributed by atoms with Gasteiger partial charge in [-0.1, -0.05) is 27.7 Å². The second-order valence-electron chi connectivity index (χ2n) is 4.55. The molecule has 0 aromatic carbocycles. The van der Waals surface area contributed by atoms with Crippen molar-refractivity contribution < 1.29 is 14.3 Å². The summed E-state index contributed by atoms with van der Waals surface area (Å²) in [7, 11) is 0. The van der Waals surface area contributed by atoms with Gasteiger partial charge in [0.15, 0.2) is 0 Å². The van der Waals surface area contributed by atoms with Crippen molar-refractivity contribution in [1.82, 2.24) is 5.32 Å². The van der Waals surface area contributed by atoms with Crippen LogP contribution in [0.3, 0.4) is 0 Å². The van der Waals surface area contributed by atoms with Crippen LogP contribution < -0.4 is 5.32 Å². The third-order valence-corrected chi connectivity index (χ3v) is 2.73. The van der Waals surface area contributed by atoms with Crippen molar-refractivity contribution in [3.63, 3.8) is 0 Å². The van der Waals surface area contributed by atoms with Crippen LogP contribution in [-0.4, -0.2) is 25.0 Å². The van der Waals surface area contributed by atoms with Gasteiger partial charge in [0.25, 0.3) is 0 Å². The smallest absolute Gasteiger partial charge is 0.396 e. The molecular formula is C11H21NO3. The first-order valence-electron chi connectivity index (χ1n) is 5.26. The zero-order valence-corrected chi connectivity index (χ0v) is 10.2. The lowest BCUT2D eigenvalue weighted by molar-refractivity contribution is -0.154. The molecule has 0 aliphatic carbocycles. The van der Waals surface area contributed by atoms with Gasteiger partial charge >= 0.3 is 11.9 Å². The van der Waals surface area contributed by atoms with Gasteiger partial charge in [-0.3, -0.25) is 4.79 Å². The van der Waals surface area contributed by atoms with E-state index in [2.05, 4.69) is 23.9 Å². The molecule has 0 spiro atoms. The van der Waals surface area contributed by atoms with Gasteiger partial charge in [-0.15, -0.1) is 0 Å². The molecule has 0 aliphatic heterocycles. The summed E-state index contributed by atoms with van der Waals surface area (Å²) in [5.41, 5.74) is -0.0256. The summed E-state index contributed by atoms with van der Waals surface area (Å²) in [6, 6.07) is 0. The molecule has 0 radical (unpaired) electrons. The van der Waals surface area contributed by atoms with Gasteiger partial charge in [0.2, 0.25) is 0 Å². The first-order valence-corrected chi connectivity index (χ1v) is 5.26. The standard InChI is InChI=1S/C11H21NO3/c1-6-15-10(14)9(13)12-7-11(4,5)8(2)3/h8H,6-7H2,1-5H3,(H,12,13). The minimum Gasteiger partial charge on any atom is -0.459 e. The number of hydrogen-bond donors (Lipinski definition) is 1. The Labute approximate surface area is 91.4 Å². The van der Waals surface area contributed by atoms with Crippen molar-refractivity contribution in [2.75, 3.05) is 13.2 Å². The second kappa shape index (κ2) is 5.73. The molecule has 0 saturated heterocycles. The maximum absolute atomic E-state index is 11.2. The Kier molecular flexibility index (Phi) is 5.33. The molecule has 4 nitrogen and oxygen atoms in total. The predicted molar refractivity (Wildman–Crippen MR) is 58.3 cm³/mol. The van der Waals surface area contributed by atoms with E-state index in [1.165, 1.54) is 0 Å². The predicted octanol–water partition coefficient (Wildman–Crippen LogP) is 1.35. The van der Waals surface area contributed by atoms with Crippen LogP contribution in [0.25, 0.3) is 0 Å². The van der Waals surface area contributed by atoms with Gasteiger partial charge < -0.3 is 10.1 Å². The number of carbonyl (C=O) groups excluding carboxylic acids is 2. The van der Waals surface area contributed by atoms with Crippen LogP contribution in [0.1, 0.15) is 34.6 Å². The number of carbonyl (C=O) groups is 2. The number of hydrogen-bond acceptors (Lipinski definition) is 3. The lowest BCUT2D eigenvalue weighted by Gasteiger charge is -2.29. The molecule has 0 aromatic heterocycles. The van der Waals surface area contributed by atoms with E-state index in [1.807, 2.05) is 13.8 Å². The van der Waals surface area contributed by atoms with Crippen LogP contribution in [0.15, 0.2) is 0 Å². The summed E-state index contributed by atoms with van der Waals surface area (Å²) in [6.07, 6.45) is 0. The Bertz CT molecular complexity index is 234. The third-order valence-electron chi connectivity index (χ3n) is 2.73. The molecule has 1 amide bonds. The third kappa shape index (κ3) is 4.81. The van der Waals surface area contributed by atoms with E-state index in [9.17, 15) is 9.59 Å². The molecule has 0 aliphatic rings. The van der Waals surface area contributed by atoms with Gasteiger partial charge in [0.1, 0.15) is 0 Å². The minimum absolute atomic E-state index is 0.0256. The first-order chi connectivity index (χ1) is 6.81. The zero-order chi connectivity index (χ0) is 12.1. The fraction of sp³-hybridized carbons (Fsp3) is 0.818. The summed E-state index contributed by atoms with van der Waals surface area (Å²) in [5, 5.41) is 2.58. The molecular weight excluding hydrogens is 194 g/mol. The maximum Gasteiger partial charge on any atom is 0.396 e. The van der Waals surface area contributed by atoms with E-state index in [0.717, 1.165) is 0 Å². The van der Waals surface area contributed by atoms with Crippen LogP contribution >= 0.6 is 0 Å². The normalized spacial score (nSPS) is 11.3. The molecule has 0 saturated carbocycles. The lowest BCUT2D eigenvalue weighted by Crippen LogP contribution is -2.40. The van der Waals surface area contributed by atoms with Gasteiger partial charge in [-0.05, 0) is 18.3 Å². The van der Waals surface area contributed by atoms with E-state index in [0.29, 0.717) is 12.5 Å². The Morgan fingerprint density at radius 1 is 1.33 bits per heavy atom. The highest BCUT2D eigenvalue weighted by atomic mass is 16.5. The number of nitrogens with one attached hydrogen (secondary N) is 1. The quantitative estimate of drug-likeness (QED) is 0.569. The highest BCUT2D eigenvalue weighted by molar-refractivity contribution is 6.32. The lowest BCUT2D eigenvalue weighted by atomic mass is 9.81. The Balaban J connectivity index is 4.06. The van der Waals surface area contributed by atoms with Crippen molar-refractivity contribution in [2.24, 2.45) is 11.3 Å². The number of rotatable bonds is 4. The van der Waals surface area contributed by atoms with Crippen molar-refractivity contribution in [2.45, 2.75) is 34.6 Å². The average molecular weight is 215 g/mol. The molecule has 88 valence electrons. The highest BCUT2D eigenvalue weighted by Gasteiger charge is 2.24. The molecule has 0 heterocycles. The minimum atomic E-state index is -0.808. The van der Waals surface area contributed by atoms with Crippen LogP contribution in [0.5, 0.6) is 0 Å². The van der Waals surface area contributed by atoms with Crippen molar-refractivity contribution in [1.29, 1.82) is 0 Å². The van der Waals surface area contributed by atoms with E-state index >= 15 is 0 Å². The molecule has 0 atom stereocenters. The maximum atomic E-state index is 11.2. The van der Waals surface area contributed by atoms with E-state index in [4.69, 9.17) is 0 Å². The average Bonchev–Trinajstić information content (AvgIpc) is 2.14. The SMILES string of the molecule is CCOC(=O)C(=O)NCC(C)(C)C(C)C. The number of amides is 1. The largest absolute Gasteiger partial charge is 0.459 e. The summed E-state index contributed by atoms with van der Waals surface area (Å²) < 4.78 is 4.58. The highest BCUT2D eigenvalue weighted by Crippen LogP contribution is 2.24. The first kappa shape index (κ1) is 13.9. The molecule has 1 N–H and O–H groups in total. The zero-order valence-electron chi connectivity index (χ0n) is 10.2. The molecule has 0 fully saturated rings. The molecule has 4 heteroatoms.